The molecule has 3 atom stereocenters. The van der Waals surface area contributed by atoms with Gasteiger partial charge in [-0.25, -0.2) is 0 Å². The molecule has 0 bridgehead atoms. The summed E-state index contributed by atoms with van der Waals surface area (Å²) in [7, 11) is 0. The van der Waals surface area contributed by atoms with Gasteiger partial charge >= 0.3 is 0 Å². The molecule has 3 N–H and O–H groups in total. The van der Waals surface area contributed by atoms with Gasteiger partial charge in [-0.15, -0.1) is 0 Å². The molecule has 34 heavy (non-hydrogen) atoms. The molecule has 0 radical (unpaired) electrons. The van der Waals surface area contributed by atoms with Gasteiger partial charge in [-0.05, 0) is 50.8 Å². The van der Waals surface area contributed by atoms with Crippen molar-refractivity contribution in [3.05, 3.63) is 35.9 Å². The summed E-state index contributed by atoms with van der Waals surface area (Å²) >= 11 is 0. The summed E-state index contributed by atoms with van der Waals surface area (Å²) in [5.74, 6) is -0.0329. The molecule has 1 aliphatic heterocycles. The smallest absolute Gasteiger partial charge is 0.220 e. The number of rotatable bonds is 19. The minimum absolute atomic E-state index is 0.0329. The maximum atomic E-state index is 12.6. The van der Waals surface area contributed by atoms with E-state index in [2.05, 4.69) is 17.1 Å². The highest BCUT2D eigenvalue weighted by Gasteiger charge is 2.26. The molecule has 1 aliphatic rings. The molecule has 1 aromatic rings. The Bertz CT molecular complexity index is 634. The van der Waals surface area contributed by atoms with E-state index in [4.69, 9.17) is 0 Å². The van der Waals surface area contributed by atoms with E-state index < -0.39 is 6.10 Å². The van der Waals surface area contributed by atoms with Crippen molar-refractivity contribution in [1.82, 2.24) is 10.2 Å². The van der Waals surface area contributed by atoms with Crippen molar-refractivity contribution in [2.75, 3.05) is 19.6 Å². The lowest BCUT2D eigenvalue weighted by atomic mass is 10.0. The van der Waals surface area contributed by atoms with Crippen LogP contribution in [0, 0.1) is 0 Å². The van der Waals surface area contributed by atoms with Gasteiger partial charge in [0, 0.05) is 13.0 Å². The summed E-state index contributed by atoms with van der Waals surface area (Å²) in [6.45, 7) is 4.97. The molecule has 1 amide bonds. The fourth-order valence-electron chi connectivity index (χ4n) is 4.96. The van der Waals surface area contributed by atoms with Crippen LogP contribution in [-0.4, -0.2) is 52.8 Å². The van der Waals surface area contributed by atoms with Gasteiger partial charge in [-0.2, -0.15) is 0 Å². The van der Waals surface area contributed by atoms with Gasteiger partial charge < -0.3 is 20.4 Å². The van der Waals surface area contributed by atoms with Crippen molar-refractivity contribution in [1.29, 1.82) is 0 Å². The van der Waals surface area contributed by atoms with E-state index >= 15 is 0 Å². The Hall–Kier alpha value is -1.43. The van der Waals surface area contributed by atoms with Gasteiger partial charge in [0.05, 0.1) is 12.1 Å². The molecule has 0 aromatic heterocycles. The molecule has 2 rings (SSSR count). The third-order valence-corrected chi connectivity index (χ3v) is 7.10. The fourth-order valence-corrected chi connectivity index (χ4v) is 4.96. The van der Waals surface area contributed by atoms with Gasteiger partial charge in [0.2, 0.25) is 5.91 Å². The zero-order chi connectivity index (χ0) is 24.4. The van der Waals surface area contributed by atoms with Crippen LogP contribution in [0.1, 0.15) is 115 Å². The van der Waals surface area contributed by atoms with Crippen LogP contribution in [0.2, 0.25) is 0 Å². The molecule has 5 heteroatoms. The maximum absolute atomic E-state index is 12.6. The van der Waals surface area contributed by atoms with Crippen molar-refractivity contribution in [3.63, 3.8) is 0 Å². The first-order valence-electron chi connectivity index (χ1n) is 14.0. The zero-order valence-corrected chi connectivity index (χ0v) is 21.6. The van der Waals surface area contributed by atoms with Crippen LogP contribution >= 0.6 is 0 Å². The molecule has 194 valence electrons. The monoisotopic (exact) mass is 474 g/mol. The first-order valence-corrected chi connectivity index (χ1v) is 14.0. The van der Waals surface area contributed by atoms with Crippen LogP contribution in [0.5, 0.6) is 0 Å². The second-order valence-electron chi connectivity index (χ2n) is 10.2. The third kappa shape index (κ3) is 12.3. The number of benzene rings is 1. The molecule has 0 saturated carbocycles. The van der Waals surface area contributed by atoms with Gasteiger partial charge in [0.15, 0.2) is 0 Å². The highest BCUT2D eigenvalue weighted by atomic mass is 16.3. The quantitative estimate of drug-likeness (QED) is 0.223. The van der Waals surface area contributed by atoms with E-state index in [1.807, 2.05) is 30.3 Å². The Balaban J connectivity index is 1.62. The first-order chi connectivity index (χ1) is 16.6. The fraction of sp³-hybridized carbons (Fsp3) is 0.759. The molecule has 1 fully saturated rings. The van der Waals surface area contributed by atoms with Crippen LogP contribution in [0.4, 0.5) is 0 Å². The summed E-state index contributed by atoms with van der Waals surface area (Å²) in [6.07, 6.45) is 15.5. The SMILES string of the molecule is CCCCCCCCCCCC(O)CCCC(=O)NC(CN1CCCC1)C(O)c1ccccc1. The number of carbonyl (C=O) groups excluding carboxylic acids is 1. The van der Waals surface area contributed by atoms with Crippen molar-refractivity contribution < 1.29 is 15.0 Å². The van der Waals surface area contributed by atoms with Gasteiger partial charge in [-0.1, -0.05) is 95.0 Å². The summed E-state index contributed by atoms with van der Waals surface area (Å²) in [5.41, 5.74) is 0.836. The Morgan fingerprint density at radius 2 is 1.47 bits per heavy atom. The summed E-state index contributed by atoms with van der Waals surface area (Å²) < 4.78 is 0. The van der Waals surface area contributed by atoms with Crippen LogP contribution in [0.25, 0.3) is 0 Å². The topological polar surface area (TPSA) is 72.8 Å². The normalized spacial score (nSPS) is 16.9. The largest absolute Gasteiger partial charge is 0.393 e. The van der Waals surface area contributed by atoms with E-state index in [1.165, 1.54) is 64.2 Å². The number of hydrogen-bond acceptors (Lipinski definition) is 4. The van der Waals surface area contributed by atoms with Gasteiger partial charge in [-0.3, -0.25) is 4.79 Å². The summed E-state index contributed by atoms with van der Waals surface area (Å²) in [4.78, 5) is 15.0. The third-order valence-electron chi connectivity index (χ3n) is 7.10. The van der Waals surface area contributed by atoms with Crippen LogP contribution in [0.3, 0.4) is 0 Å². The predicted molar refractivity (Wildman–Crippen MR) is 141 cm³/mol. The Morgan fingerprint density at radius 1 is 0.882 bits per heavy atom. The highest BCUT2D eigenvalue weighted by Crippen LogP contribution is 2.20. The number of nitrogens with one attached hydrogen (secondary N) is 1. The number of unbranched alkanes of at least 4 members (excludes halogenated alkanes) is 8. The number of aliphatic hydroxyl groups excluding tert-OH is 2. The Morgan fingerprint density at radius 3 is 2.12 bits per heavy atom. The van der Waals surface area contributed by atoms with E-state index in [9.17, 15) is 15.0 Å². The average molecular weight is 475 g/mol. The molecule has 3 unspecified atom stereocenters. The molecule has 1 saturated heterocycles. The van der Waals surface area contributed by atoms with E-state index in [1.54, 1.807) is 0 Å². The number of nitrogens with zero attached hydrogens (tertiary/aromatic N) is 1. The second-order valence-corrected chi connectivity index (χ2v) is 10.2. The standard InChI is InChI=1S/C29H50N2O3/c1-2-3-4-5-6-7-8-9-13-19-26(32)20-16-21-28(33)30-27(24-31-22-14-15-23-31)29(34)25-17-11-10-12-18-25/h10-12,17-18,26-27,29,32,34H,2-9,13-16,19-24H2,1H3,(H,30,33). The Kier molecular flexibility index (Phi) is 15.2. The lowest BCUT2D eigenvalue weighted by Gasteiger charge is -2.28. The zero-order valence-electron chi connectivity index (χ0n) is 21.6. The van der Waals surface area contributed by atoms with Crippen molar-refractivity contribution in [3.8, 4) is 0 Å². The lowest BCUT2D eigenvalue weighted by molar-refractivity contribution is -0.123. The summed E-state index contributed by atoms with van der Waals surface area (Å²) in [6, 6.07) is 9.28. The first kappa shape index (κ1) is 28.8. The maximum Gasteiger partial charge on any atom is 0.220 e. The van der Waals surface area contributed by atoms with E-state index in [0.29, 0.717) is 25.8 Å². The average Bonchev–Trinajstić information content (AvgIpc) is 3.36. The number of carbonyl (C=O) groups is 1. The predicted octanol–water partition coefficient (Wildman–Crippen LogP) is 5.75. The van der Waals surface area contributed by atoms with Crippen LogP contribution in [-0.2, 0) is 4.79 Å². The number of likely N-dealkylation sites (tertiary alicyclic amines) is 1. The highest BCUT2D eigenvalue weighted by molar-refractivity contribution is 5.76. The molecule has 5 nitrogen and oxygen atoms in total. The second kappa shape index (κ2) is 17.9. The van der Waals surface area contributed by atoms with Gasteiger partial charge in [0.1, 0.15) is 6.10 Å². The van der Waals surface area contributed by atoms with Crippen LogP contribution < -0.4 is 5.32 Å². The van der Waals surface area contributed by atoms with E-state index in [-0.39, 0.29) is 18.1 Å². The Labute approximate surface area is 208 Å². The minimum Gasteiger partial charge on any atom is -0.393 e. The van der Waals surface area contributed by atoms with E-state index in [0.717, 1.165) is 31.5 Å². The van der Waals surface area contributed by atoms with Gasteiger partial charge in [0.25, 0.3) is 0 Å². The minimum atomic E-state index is -0.719. The molecule has 1 aromatic carbocycles. The summed E-state index contributed by atoms with van der Waals surface area (Å²) in [5, 5.41) is 24.3. The number of amides is 1. The molecule has 0 spiro atoms. The lowest BCUT2D eigenvalue weighted by Crippen LogP contribution is -2.46. The molecular formula is C29H50N2O3. The van der Waals surface area contributed by atoms with Crippen molar-refractivity contribution in [2.24, 2.45) is 0 Å². The number of hydrogen-bond donors (Lipinski definition) is 3. The molecule has 1 heterocycles. The number of aliphatic hydroxyl groups is 2. The molecule has 0 aliphatic carbocycles. The van der Waals surface area contributed by atoms with Crippen molar-refractivity contribution >= 4 is 5.91 Å². The van der Waals surface area contributed by atoms with Crippen LogP contribution in [0.15, 0.2) is 30.3 Å². The van der Waals surface area contributed by atoms with Crippen molar-refractivity contribution in [2.45, 2.75) is 121 Å². The molecular weight excluding hydrogens is 424 g/mol.